The van der Waals surface area contributed by atoms with E-state index >= 15 is 0 Å². The van der Waals surface area contributed by atoms with E-state index in [9.17, 15) is 0 Å². The summed E-state index contributed by atoms with van der Waals surface area (Å²) in [5.41, 5.74) is 2.37. The van der Waals surface area contributed by atoms with Crippen LogP contribution in [0.2, 0.25) is 0 Å². The van der Waals surface area contributed by atoms with Gasteiger partial charge in [-0.1, -0.05) is 78.0 Å². The minimum absolute atomic E-state index is 0.845. The largest absolute Gasteiger partial charge is 0.464 e. The Bertz CT molecular complexity index is 762. The molecular weight excluding hydrogens is 300 g/mol. The Hall–Kier alpha value is -2.45. The van der Waals surface area contributed by atoms with Crippen LogP contribution in [-0.2, 0) is 0 Å². The monoisotopic (exact) mass is 318 g/mol. The molecule has 0 fully saturated rings. The van der Waals surface area contributed by atoms with Crippen molar-refractivity contribution < 1.29 is 4.74 Å². The van der Waals surface area contributed by atoms with Crippen molar-refractivity contribution in [1.82, 2.24) is 0 Å². The maximum Gasteiger partial charge on any atom is 0.126 e. The molecule has 0 N–H and O–H groups in total. The number of aryl methyl sites for hydroxylation is 1. The standard InChI is InChI=1S/C21H18OS/c1-17-12-14-19(15-13-17)22-16-21(18-8-4-2-5-9-18)23-20-10-6-3-7-11-20/h2-16H,1H3/b21-16-. The number of hydrogen-bond donors (Lipinski definition) is 0. The first-order valence-electron chi connectivity index (χ1n) is 7.53. The Balaban J connectivity index is 1.85. The van der Waals surface area contributed by atoms with Gasteiger partial charge in [0.15, 0.2) is 0 Å². The van der Waals surface area contributed by atoms with Crippen LogP contribution in [0.15, 0.2) is 96.1 Å². The number of rotatable bonds is 5. The minimum atomic E-state index is 0.845. The van der Waals surface area contributed by atoms with E-state index in [0.29, 0.717) is 0 Å². The van der Waals surface area contributed by atoms with Crippen LogP contribution in [0.1, 0.15) is 11.1 Å². The van der Waals surface area contributed by atoms with E-state index in [2.05, 4.69) is 43.3 Å². The second-order valence-corrected chi connectivity index (χ2v) is 6.31. The molecule has 1 nitrogen and oxygen atoms in total. The van der Waals surface area contributed by atoms with Gasteiger partial charge in [-0.2, -0.15) is 0 Å². The van der Waals surface area contributed by atoms with Crippen molar-refractivity contribution in [2.24, 2.45) is 0 Å². The summed E-state index contributed by atoms with van der Waals surface area (Å²) in [5.74, 6) is 0.845. The van der Waals surface area contributed by atoms with Crippen LogP contribution in [0.4, 0.5) is 0 Å². The molecular formula is C21H18OS. The second-order valence-electron chi connectivity index (χ2n) is 5.19. The van der Waals surface area contributed by atoms with Crippen LogP contribution in [0.25, 0.3) is 4.91 Å². The maximum absolute atomic E-state index is 5.87. The molecule has 2 heteroatoms. The van der Waals surface area contributed by atoms with Crippen LogP contribution in [-0.4, -0.2) is 0 Å². The van der Waals surface area contributed by atoms with E-state index < -0.39 is 0 Å². The zero-order valence-corrected chi connectivity index (χ0v) is 13.8. The Morgan fingerprint density at radius 2 is 1.39 bits per heavy atom. The number of hydrogen-bond acceptors (Lipinski definition) is 2. The average molecular weight is 318 g/mol. The number of ether oxygens (including phenoxy) is 1. The molecule has 0 amide bonds. The summed E-state index contributed by atoms with van der Waals surface area (Å²) in [6, 6.07) is 28.7. The van der Waals surface area contributed by atoms with Gasteiger partial charge in [0.1, 0.15) is 12.0 Å². The molecule has 0 saturated heterocycles. The van der Waals surface area contributed by atoms with Crippen molar-refractivity contribution in [3.05, 3.63) is 102 Å². The SMILES string of the molecule is Cc1ccc(O/C=C(\Sc2ccccc2)c2ccccc2)cc1. The van der Waals surface area contributed by atoms with E-state index in [-0.39, 0.29) is 0 Å². The van der Waals surface area contributed by atoms with E-state index in [4.69, 9.17) is 4.74 Å². The lowest BCUT2D eigenvalue weighted by Gasteiger charge is -2.09. The molecule has 23 heavy (non-hydrogen) atoms. The molecule has 0 aliphatic rings. The summed E-state index contributed by atoms with van der Waals surface area (Å²) >= 11 is 1.70. The van der Waals surface area contributed by atoms with E-state index in [1.807, 2.05) is 54.8 Å². The number of benzene rings is 3. The second kappa shape index (κ2) is 7.70. The Labute approximate surface area is 141 Å². The molecule has 0 aliphatic carbocycles. The highest BCUT2D eigenvalue weighted by molar-refractivity contribution is 8.08. The smallest absolute Gasteiger partial charge is 0.126 e. The van der Waals surface area contributed by atoms with Crippen molar-refractivity contribution in [2.45, 2.75) is 11.8 Å². The Kier molecular flexibility index (Phi) is 5.17. The van der Waals surface area contributed by atoms with Crippen molar-refractivity contribution in [3.63, 3.8) is 0 Å². The molecule has 0 radical (unpaired) electrons. The highest BCUT2D eigenvalue weighted by Crippen LogP contribution is 2.34. The third-order valence-corrected chi connectivity index (χ3v) is 4.41. The van der Waals surface area contributed by atoms with Crippen LogP contribution in [0, 0.1) is 6.92 Å². The fourth-order valence-electron chi connectivity index (χ4n) is 2.11. The highest BCUT2D eigenvalue weighted by atomic mass is 32.2. The van der Waals surface area contributed by atoms with Crippen molar-refractivity contribution >= 4 is 16.7 Å². The van der Waals surface area contributed by atoms with Gasteiger partial charge in [-0.3, -0.25) is 0 Å². The molecule has 114 valence electrons. The van der Waals surface area contributed by atoms with E-state index in [1.54, 1.807) is 11.8 Å². The van der Waals surface area contributed by atoms with Crippen molar-refractivity contribution in [1.29, 1.82) is 0 Å². The van der Waals surface area contributed by atoms with Gasteiger partial charge in [-0.25, -0.2) is 0 Å². The Morgan fingerprint density at radius 3 is 2.04 bits per heavy atom. The summed E-state index contributed by atoms with van der Waals surface area (Å²) in [7, 11) is 0. The van der Waals surface area contributed by atoms with Gasteiger partial charge in [-0.15, -0.1) is 0 Å². The lowest BCUT2D eigenvalue weighted by atomic mass is 10.2. The maximum atomic E-state index is 5.87. The first kappa shape index (κ1) is 15.4. The molecule has 0 atom stereocenters. The summed E-state index contributed by atoms with van der Waals surface area (Å²) < 4.78 is 5.87. The van der Waals surface area contributed by atoms with Crippen LogP contribution < -0.4 is 4.74 Å². The lowest BCUT2D eigenvalue weighted by Crippen LogP contribution is -1.87. The molecule has 0 heterocycles. The fraction of sp³-hybridized carbons (Fsp3) is 0.0476. The fourth-order valence-corrected chi connectivity index (χ4v) is 3.00. The molecule has 0 saturated carbocycles. The van der Waals surface area contributed by atoms with Gasteiger partial charge in [0.25, 0.3) is 0 Å². The predicted molar refractivity (Wildman–Crippen MR) is 98.5 cm³/mol. The molecule has 0 spiro atoms. The lowest BCUT2D eigenvalue weighted by molar-refractivity contribution is 0.484. The first-order chi connectivity index (χ1) is 11.3. The van der Waals surface area contributed by atoms with Gasteiger partial charge in [0.05, 0.1) is 4.91 Å². The van der Waals surface area contributed by atoms with Crippen LogP contribution in [0.5, 0.6) is 5.75 Å². The normalized spacial score (nSPS) is 11.3. The molecule has 0 unspecified atom stereocenters. The zero-order valence-electron chi connectivity index (χ0n) is 13.0. The summed E-state index contributed by atoms with van der Waals surface area (Å²) in [5, 5.41) is 0. The summed E-state index contributed by atoms with van der Waals surface area (Å²) in [4.78, 5) is 2.27. The quantitative estimate of drug-likeness (QED) is 0.411. The van der Waals surface area contributed by atoms with Crippen LogP contribution in [0.3, 0.4) is 0 Å². The van der Waals surface area contributed by atoms with Crippen LogP contribution >= 0.6 is 11.8 Å². The molecule has 0 aromatic heterocycles. The number of thioether (sulfide) groups is 1. The van der Waals surface area contributed by atoms with Crippen molar-refractivity contribution in [3.8, 4) is 5.75 Å². The molecule has 3 aromatic rings. The third kappa shape index (κ3) is 4.51. The first-order valence-corrected chi connectivity index (χ1v) is 8.35. The molecule has 0 bridgehead atoms. The highest BCUT2D eigenvalue weighted by Gasteiger charge is 2.05. The molecule has 3 rings (SSSR count). The zero-order chi connectivity index (χ0) is 15.9. The third-order valence-electron chi connectivity index (χ3n) is 3.35. The van der Waals surface area contributed by atoms with E-state index in [0.717, 1.165) is 16.2 Å². The van der Waals surface area contributed by atoms with Gasteiger partial charge >= 0.3 is 0 Å². The van der Waals surface area contributed by atoms with Gasteiger partial charge in [-0.05, 0) is 36.8 Å². The summed E-state index contributed by atoms with van der Waals surface area (Å²) in [6.45, 7) is 2.07. The molecule has 3 aromatic carbocycles. The molecule has 0 aliphatic heterocycles. The van der Waals surface area contributed by atoms with Gasteiger partial charge in [0, 0.05) is 4.90 Å². The van der Waals surface area contributed by atoms with E-state index in [1.165, 1.54) is 10.5 Å². The predicted octanol–water partition coefficient (Wildman–Crippen LogP) is 6.16. The summed E-state index contributed by atoms with van der Waals surface area (Å²) in [6.07, 6.45) is 1.83. The average Bonchev–Trinajstić information content (AvgIpc) is 2.61. The van der Waals surface area contributed by atoms with Crippen molar-refractivity contribution in [2.75, 3.05) is 0 Å². The van der Waals surface area contributed by atoms with Gasteiger partial charge in [0.2, 0.25) is 0 Å². The Morgan fingerprint density at radius 1 is 0.783 bits per heavy atom. The van der Waals surface area contributed by atoms with Gasteiger partial charge < -0.3 is 4.74 Å². The minimum Gasteiger partial charge on any atom is -0.464 e. The topological polar surface area (TPSA) is 9.23 Å².